The Kier molecular flexibility index (Phi) is 3.03. The van der Waals surface area contributed by atoms with E-state index in [2.05, 4.69) is 15.2 Å². The Morgan fingerprint density at radius 2 is 2.27 bits per heavy atom. The normalized spacial score (nSPS) is 22.2. The predicted octanol–water partition coefficient (Wildman–Crippen LogP) is 2.35. The number of aliphatic carboxylic acids is 1. The van der Waals surface area contributed by atoms with Gasteiger partial charge in [-0.1, -0.05) is 0 Å². The van der Waals surface area contributed by atoms with Gasteiger partial charge in [0.05, 0.1) is 12.4 Å². The molecule has 2 atom stereocenters. The van der Waals surface area contributed by atoms with Crippen LogP contribution in [0, 0.1) is 0 Å². The van der Waals surface area contributed by atoms with Gasteiger partial charge in [-0.15, -0.1) is 5.10 Å². The van der Waals surface area contributed by atoms with Crippen molar-refractivity contribution in [3.63, 3.8) is 0 Å². The minimum atomic E-state index is -0.773. The van der Waals surface area contributed by atoms with E-state index in [1.807, 2.05) is 10.8 Å². The second-order valence-electron chi connectivity index (χ2n) is 5.86. The zero-order valence-electron chi connectivity index (χ0n) is 12.0. The molecule has 3 heterocycles. The molecule has 112 valence electrons. The van der Waals surface area contributed by atoms with E-state index in [1.54, 1.807) is 24.7 Å². The molecule has 0 aromatic carbocycles. The van der Waals surface area contributed by atoms with Crippen LogP contribution in [0.2, 0.25) is 0 Å². The molecule has 4 aliphatic rings. The molecule has 0 radical (unpaired) electrons. The van der Waals surface area contributed by atoms with Crippen molar-refractivity contribution in [2.45, 2.75) is 37.6 Å². The molecule has 4 rings (SSSR count). The number of hydrogen-bond acceptors (Lipinski definition) is 4. The molecule has 2 unspecified atom stereocenters. The second-order valence-corrected chi connectivity index (χ2v) is 5.86. The highest BCUT2D eigenvalue weighted by Gasteiger charge is 2.37. The minimum Gasteiger partial charge on any atom is -0.480 e. The lowest BCUT2D eigenvalue weighted by molar-refractivity contribution is -0.140. The van der Waals surface area contributed by atoms with Gasteiger partial charge in [-0.2, -0.15) is 5.10 Å². The Morgan fingerprint density at radius 3 is 3.14 bits per heavy atom. The van der Waals surface area contributed by atoms with Crippen LogP contribution in [0.1, 0.15) is 42.5 Å². The third-order valence-corrected chi connectivity index (χ3v) is 4.65. The molecule has 0 saturated heterocycles. The lowest BCUT2D eigenvalue weighted by Crippen LogP contribution is -2.15. The number of aromatic nitrogens is 4. The van der Waals surface area contributed by atoms with Crippen molar-refractivity contribution in [1.29, 1.82) is 0 Å². The molecule has 6 heteroatoms. The first kappa shape index (κ1) is 13.2. The van der Waals surface area contributed by atoms with E-state index in [1.165, 1.54) is 5.56 Å². The van der Waals surface area contributed by atoms with Gasteiger partial charge in [0.15, 0.2) is 0 Å². The molecule has 6 nitrogen and oxygen atoms in total. The average Bonchev–Trinajstić information content (AvgIpc) is 3.11. The fourth-order valence-electron chi connectivity index (χ4n) is 3.75. The van der Waals surface area contributed by atoms with E-state index in [-0.39, 0.29) is 0 Å². The lowest BCUT2D eigenvalue weighted by Gasteiger charge is -2.21. The predicted molar refractivity (Wildman–Crippen MR) is 79.0 cm³/mol. The number of carboxylic acids is 1. The quantitative estimate of drug-likeness (QED) is 0.873. The molecule has 0 amide bonds. The molecule has 22 heavy (non-hydrogen) atoms. The number of rotatable bonds is 1. The number of carboxylic acid groups (broad SMARTS) is 1. The summed E-state index contributed by atoms with van der Waals surface area (Å²) in [5, 5.41) is 17.7. The fourth-order valence-corrected chi connectivity index (χ4v) is 3.75. The van der Waals surface area contributed by atoms with Gasteiger partial charge in [0.25, 0.3) is 0 Å². The molecule has 1 aliphatic carbocycles. The van der Waals surface area contributed by atoms with Crippen LogP contribution >= 0.6 is 0 Å². The molecule has 0 fully saturated rings. The summed E-state index contributed by atoms with van der Waals surface area (Å²) in [5.74, 6) is -0.473. The molecule has 1 N–H and O–H groups in total. The van der Waals surface area contributed by atoms with Crippen molar-refractivity contribution in [2.75, 3.05) is 0 Å². The third kappa shape index (κ3) is 1.94. The summed E-state index contributed by atoms with van der Waals surface area (Å²) in [4.78, 5) is 15.8. The van der Waals surface area contributed by atoms with Crippen molar-refractivity contribution in [3.05, 3.63) is 42.1 Å². The summed E-state index contributed by atoms with van der Waals surface area (Å²) in [7, 11) is 0. The summed E-state index contributed by atoms with van der Waals surface area (Å²) in [6.45, 7) is 0. The summed E-state index contributed by atoms with van der Waals surface area (Å²) >= 11 is 0. The molecule has 0 bridgehead atoms. The Morgan fingerprint density at radius 1 is 1.36 bits per heavy atom. The number of carbonyl (C=O) groups is 1. The number of hydrogen-bond donors (Lipinski definition) is 1. The molecule has 0 aromatic rings. The Balaban J connectivity index is 2.08. The van der Waals surface area contributed by atoms with E-state index < -0.39 is 12.0 Å². The molecule has 3 aliphatic heterocycles. The van der Waals surface area contributed by atoms with Crippen LogP contribution in [0.25, 0.3) is 11.3 Å². The molecular formula is C16H16N4O2. The summed E-state index contributed by atoms with van der Waals surface area (Å²) in [6, 6.07) is 1.29. The van der Waals surface area contributed by atoms with Gasteiger partial charge in [0, 0.05) is 29.6 Å². The van der Waals surface area contributed by atoms with E-state index >= 15 is 0 Å². The highest BCUT2D eigenvalue weighted by atomic mass is 16.4. The van der Waals surface area contributed by atoms with Crippen LogP contribution in [-0.4, -0.2) is 30.8 Å². The topological polar surface area (TPSA) is 80.9 Å². The zero-order chi connectivity index (χ0) is 15.1. The Labute approximate surface area is 127 Å². The summed E-state index contributed by atoms with van der Waals surface area (Å²) in [5.41, 5.74) is 4.06. The molecule has 0 saturated carbocycles. The van der Waals surface area contributed by atoms with Crippen LogP contribution < -0.4 is 0 Å². The molecule has 0 aromatic heterocycles. The van der Waals surface area contributed by atoms with Gasteiger partial charge >= 0.3 is 5.97 Å². The van der Waals surface area contributed by atoms with Gasteiger partial charge in [0.2, 0.25) is 0 Å². The van der Waals surface area contributed by atoms with Gasteiger partial charge in [0.1, 0.15) is 11.7 Å². The van der Waals surface area contributed by atoms with E-state index in [4.69, 9.17) is 0 Å². The lowest BCUT2D eigenvalue weighted by atomic mass is 9.84. The molecular weight excluding hydrogens is 280 g/mol. The largest absolute Gasteiger partial charge is 0.480 e. The highest BCUT2D eigenvalue weighted by Crippen LogP contribution is 2.45. The first-order valence-electron chi connectivity index (χ1n) is 7.52. The van der Waals surface area contributed by atoms with Crippen LogP contribution in [-0.2, 0) is 11.2 Å². The van der Waals surface area contributed by atoms with Gasteiger partial charge in [-0.05, 0) is 37.3 Å². The van der Waals surface area contributed by atoms with Crippen molar-refractivity contribution >= 4 is 5.97 Å². The van der Waals surface area contributed by atoms with Crippen molar-refractivity contribution in [1.82, 2.24) is 19.7 Å². The van der Waals surface area contributed by atoms with E-state index in [9.17, 15) is 9.90 Å². The summed E-state index contributed by atoms with van der Waals surface area (Å²) in [6.07, 6.45) is 10.7. The van der Waals surface area contributed by atoms with Gasteiger partial charge in [-0.3, -0.25) is 4.98 Å². The highest BCUT2D eigenvalue weighted by molar-refractivity contribution is 5.73. The van der Waals surface area contributed by atoms with Gasteiger partial charge < -0.3 is 9.67 Å². The first-order valence-corrected chi connectivity index (χ1v) is 7.52. The SMILES string of the molecule is O=C(O)C1CC2CCCc3c4cnnc-4cncccn1c32. The molecule has 0 spiro atoms. The maximum Gasteiger partial charge on any atom is 0.326 e. The first-order chi connectivity index (χ1) is 10.8. The van der Waals surface area contributed by atoms with E-state index in [0.29, 0.717) is 12.3 Å². The van der Waals surface area contributed by atoms with Gasteiger partial charge in [-0.25, -0.2) is 4.79 Å². The van der Waals surface area contributed by atoms with Crippen molar-refractivity contribution in [2.24, 2.45) is 0 Å². The number of nitrogens with zero attached hydrogens (tertiary/aromatic N) is 4. The summed E-state index contributed by atoms with van der Waals surface area (Å²) < 4.78 is 1.91. The fraction of sp³-hybridized carbons (Fsp3) is 0.375. The van der Waals surface area contributed by atoms with Crippen molar-refractivity contribution in [3.8, 4) is 11.3 Å². The monoisotopic (exact) mass is 296 g/mol. The maximum absolute atomic E-state index is 11.6. The second kappa shape index (κ2) is 5.05. The zero-order valence-corrected chi connectivity index (χ0v) is 12.0. The standard InChI is InChI=1S/C16H16N4O2/c21-16(22)14-7-10-3-1-4-11-12-8-18-19-13(12)9-17-5-2-6-20(14)15(10)11/h2,5-6,8-10,14H,1,3-4,7H2,(H,21,22). The maximum atomic E-state index is 11.6. The van der Waals surface area contributed by atoms with Crippen LogP contribution in [0.3, 0.4) is 0 Å². The Bertz CT molecular complexity index is 769. The van der Waals surface area contributed by atoms with Crippen molar-refractivity contribution < 1.29 is 9.90 Å². The Hall–Kier alpha value is -2.50. The number of fused-ring (bicyclic) bond motifs is 2. The average molecular weight is 296 g/mol. The van der Waals surface area contributed by atoms with Crippen LogP contribution in [0.4, 0.5) is 0 Å². The van der Waals surface area contributed by atoms with Crippen LogP contribution in [0.5, 0.6) is 0 Å². The van der Waals surface area contributed by atoms with E-state index in [0.717, 1.165) is 36.2 Å². The minimum absolute atomic E-state index is 0.300. The third-order valence-electron chi connectivity index (χ3n) is 4.65. The van der Waals surface area contributed by atoms with Crippen LogP contribution in [0.15, 0.2) is 30.9 Å². The smallest absolute Gasteiger partial charge is 0.326 e.